The van der Waals surface area contributed by atoms with Crippen LogP contribution in [0.25, 0.3) is 6.08 Å². The van der Waals surface area contributed by atoms with Crippen LogP contribution < -0.4 is 0 Å². The zero-order valence-electron chi connectivity index (χ0n) is 10.5. The number of hydrogen-bond donors (Lipinski definition) is 0. The molecule has 0 saturated heterocycles. The Hall–Kier alpha value is -2.08. The smallest absolute Gasteiger partial charge is 0.0257 e. The van der Waals surface area contributed by atoms with Gasteiger partial charge >= 0.3 is 0 Å². The van der Waals surface area contributed by atoms with Gasteiger partial charge in [-0.1, -0.05) is 92.1 Å². The summed E-state index contributed by atoms with van der Waals surface area (Å²) in [6.07, 6.45) is 11.4. The number of rotatable bonds is 4. The Bertz CT molecular complexity index is 391. The van der Waals surface area contributed by atoms with Crippen LogP contribution >= 0.6 is 0 Å². The lowest BCUT2D eigenvalue weighted by Crippen LogP contribution is -1.66. The Kier molecular flexibility index (Phi) is 9.16. The van der Waals surface area contributed by atoms with Gasteiger partial charge in [-0.25, -0.2) is 0 Å². The van der Waals surface area contributed by atoms with E-state index in [1.807, 2.05) is 43.4 Å². The maximum absolute atomic E-state index is 3.58. The highest BCUT2D eigenvalue weighted by Crippen LogP contribution is 2.00. The van der Waals surface area contributed by atoms with E-state index in [1.165, 1.54) is 5.56 Å². The van der Waals surface area contributed by atoms with Crippen LogP contribution in [0.2, 0.25) is 0 Å². The van der Waals surface area contributed by atoms with Gasteiger partial charge in [0.2, 0.25) is 0 Å². The Morgan fingerprint density at radius 1 is 1.00 bits per heavy atom. The van der Waals surface area contributed by atoms with Crippen LogP contribution in [0.15, 0.2) is 86.0 Å². The third-order valence-corrected chi connectivity index (χ3v) is 1.80. The molecule has 0 radical (unpaired) electrons. The SMILES string of the molecule is C=CC(=C)C.C=CC=CC=Cc1ccccc1. The number of allylic oxidation sites excluding steroid dienone is 6. The van der Waals surface area contributed by atoms with Crippen molar-refractivity contribution >= 4 is 6.08 Å². The van der Waals surface area contributed by atoms with Gasteiger partial charge in [-0.05, 0) is 12.5 Å². The summed E-state index contributed by atoms with van der Waals surface area (Å²) in [5.74, 6) is 0. The molecule has 1 rings (SSSR count). The van der Waals surface area contributed by atoms with Crippen molar-refractivity contribution in [1.29, 1.82) is 0 Å². The first-order valence-corrected chi connectivity index (χ1v) is 5.49. The third-order valence-electron chi connectivity index (χ3n) is 1.80. The highest BCUT2D eigenvalue weighted by molar-refractivity contribution is 5.50. The molecule has 0 heterocycles. The van der Waals surface area contributed by atoms with Crippen molar-refractivity contribution in [1.82, 2.24) is 0 Å². The van der Waals surface area contributed by atoms with Crippen molar-refractivity contribution in [3.63, 3.8) is 0 Å². The Morgan fingerprint density at radius 2 is 1.59 bits per heavy atom. The topological polar surface area (TPSA) is 0 Å². The van der Waals surface area contributed by atoms with Gasteiger partial charge in [0.05, 0.1) is 0 Å². The maximum atomic E-state index is 3.58. The van der Waals surface area contributed by atoms with Crippen molar-refractivity contribution in [3.8, 4) is 0 Å². The second kappa shape index (κ2) is 10.4. The highest BCUT2D eigenvalue weighted by Gasteiger charge is 1.78. The van der Waals surface area contributed by atoms with Gasteiger partial charge in [0.25, 0.3) is 0 Å². The standard InChI is InChI=1S/C12H12.C5H8/c1-2-3-4-6-9-12-10-7-5-8-11-12;1-4-5(2)3/h2-11H,1H2;4H,1-2H2,3H3. The first kappa shape index (κ1) is 14.9. The van der Waals surface area contributed by atoms with Gasteiger partial charge in [-0.3, -0.25) is 0 Å². The van der Waals surface area contributed by atoms with E-state index in [0.29, 0.717) is 0 Å². The molecule has 0 fully saturated rings. The van der Waals surface area contributed by atoms with E-state index in [2.05, 4.69) is 37.9 Å². The van der Waals surface area contributed by atoms with Gasteiger partial charge < -0.3 is 0 Å². The molecule has 17 heavy (non-hydrogen) atoms. The molecule has 0 bridgehead atoms. The van der Waals surface area contributed by atoms with E-state index in [-0.39, 0.29) is 0 Å². The van der Waals surface area contributed by atoms with E-state index in [4.69, 9.17) is 0 Å². The summed E-state index contributed by atoms with van der Waals surface area (Å²) in [7, 11) is 0. The average Bonchev–Trinajstić information content (AvgIpc) is 2.37. The second-order valence-corrected chi connectivity index (χ2v) is 3.44. The third kappa shape index (κ3) is 10.2. The second-order valence-electron chi connectivity index (χ2n) is 3.44. The predicted molar refractivity (Wildman–Crippen MR) is 79.8 cm³/mol. The first-order valence-electron chi connectivity index (χ1n) is 5.49. The van der Waals surface area contributed by atoms with E-state index >= 15 is 0 Å². The van der Waals surface area contributed by atoms with Crippen molar-refractivity contribution in [2.75, 3.05) is 0 Å². The predicted octanol–water partition coefficient (Wildman–Crippen LogP) is 5.19. The lowest BCUT2D eigenvalue weighted by atomic mass is 10.2. The van der Waals surface area contributed by atoms with Crippen molar-refractivity contribution in [2.24, 2.45) is 0 Å². The molecule has 0 heteroatoms. The molecule has 88 valence electrons. The Balaban J connectivity index is 0.000000437. The summed E-state index contributed by atoms with van der Waals surface area (Å²) in [6, 6.07) is 10.2. The molecule has 0 atom stereocenters. The van der Waals surface area contributed by atoms with E-state index in [9.17, 15) is 0 Å². The lowest BCUT2D eigenvalue weighted by molar-refractivity contribution is 1.58. The number of benzene rings is 1. The fourth-order valence-corrected chi connectivity index (χ4v) is 0.874. The van der Waals surface area contributed by atoms with Crippen LogP contribution in [0.5, 0.6) is 0 Å². The lowest BCUT2D eigenvalue weighted by Gasteiger charge is -1.87. The Morgan fingerprint density at radius 3 is 2.06 bits per heavy atom. The molecule has 0 aromatic heterocycles. The van der Waals surface area contributed by atoms with Crippen molar-refractivity contribution < 1.29 is 0 Å². The molecular formula is C17H20. The van der Waals surface area contributed by atoms with Gasteiger partial charge in [-0.15, -0.1) is 0 Å². The van der Waals surface area contributed by atoms with Crippen molar-refractivity contribution in [2.45, 2.75) is 6.92 Å². The van der Waals surface area contributed by atoms with Gasteiger partial charge in [-0.2, -0.15) is 0 Å². The van der Waals surface area contributed by atoms with Crippen LogP contribution in [-0.4, -0.2) is 0 Å². The molecule has 0 unspecified atom stereocenters. The van der Waals surface area contributed by atoms with Crippen LogP contribution in [0.3, 0.4) is 0 Å². The van der Waals surface area contributed by atoms with Crippen molar-refractivity contribution in [3.05, 3.63) is 91.6 Å². The summed E-state index contributed by atoms with van der Waals surface area (Å²) in [6.45, 7) is 12.5. The molecule has 0 saturated carbocycles. The minimum atomic E-state index is 1.02. The van der Waals surface area contributed by atoms with E-state index < -0.39 is 0 Å². The van der Waals surface area contributed by atoms with Gasteiger partial charge in [0.1, 0.15) is 0 Å². The quantitative estimate of drug-likeness (QED) is 0.617. The van der Waals surface area contributed by atoms with Gasteiger partial charge in [0.15, 0.2) is 0 Å². The molecule has 0 aliphatic carbocycles. The number of hydrogen-bond acceptors (Lipinski definition) is 0. The monoisotopic (exact) mass is 224 g/mol. The highest BCUT2D eigenvalue weighted by atomic mass is 13.8. The molecule has 0 N–H and O–H groups in total. The molecule has 0 aliphatic rings. The molecule has 0 aliphatic heterocycles. The molecule has 1 aromatic carbocycles. The fourth-order valence-electron chi connectivity index (χ4n) is 0.874. The molecule has 0 spiro atoms. The van der Waals surface area contributed by atoms with Crippen LogP contribution in [-0.2, 0) is 0 Å². The molecule has 0 amide bonds. The summed E-state index contributed by atoms with van der Waals surface area (Å²) >= 11 is 0. The molecular weight excluding hydrogens is 204 g/mol. The average molecular weight is 224 g/mol. The minimum absolute atomic E-state index is 1.02. The summed E-state index contributed by atoms with van der Waals surface area (Å²) in [5, 5.41) is 0. The zero-order chi connectivity index (χ0) is 12.9. The van der Waals surface area contributed by atoms with Gasteiger partial charge in [0, 0.05) is 0 Å². The van der Waals surface area contributed by atoms with Crippen LogP contribution in [0.1, 0.15) is 12.5 Å². The zero-order valence-corrected chi connectivity index (χ0v) is 10.5. The Labute approximate surface area is 105 Å². The van der Waals surface area contributed by atoms with Crippen LogP contribution in [0.4, 0.5) is 0 Å². The largest absolute Gasteiger partial charge is 0.0991 e. The first-order chi connectivity index (χ1) is 8.20. The van der Waals surface area contributed by atoms with E-state index in [0.717, 1.165) is 5.57 Å². The van der Waals surface area contributed by atoms with Crippen LogP contribution in [0, 0.1) is 0 Å². The van der Waals surface area contributed by atoms with E-state index in [1.54, 1.807) is 12.2 Å². The summed E-state index contributed by atoms with van der Waals surface area (Å²) < 4.78 is 0. The summed E-state index contributed by atoms with van der Waals surface area (Å²) in [5.41, 5.74) is 2.23. The minimum Gasteiger partial charge on any atom is -0.0991 e. The molecule has 1 aromatic rings. The fraction of sp³-hybridized carbons (Fsp3) is 0.0588. The summed E-state index contributed by atoms with van der Waals surface area (Å²) in [4.78, 5) is 0. The normalized spacial score (nSPS) is 9.71. The molecule has 0 nitrogen and oxygen atoms in total. The maximum Gasteiger partial charge on any atom is -0.0257 e.